The number of amides is 1. The third-order valence-electron chi connectivity index (χ3n) is 15.6. The van der Waals surface area contributed by atoms with Crippen LogP contribution in [0.1, 0.15) is 290 Å². The zero-order valence-electron chi connectivity index (χ0n) is 52.7. The molecule has 1 rings (SSSR count). The van der Waals surface area contributed by atoms with Gasteiger partial charge in [0.15, 0.2) is 6.29 Å². The van der Waals surface area contributed by atoms with Gasteiger partial charge in [0.1, 0.15) is 24.4 Å². The van der Waals surface area contributed by atoms with Crippen LogP contribution in [0.4, 0.5) is 0 Å². The number of carbonyl (C=O) groups is 1. The Morgan fingerprint density at radius 1 is 0.427 bits per heavy atom. The van der Waals surface area contributed by atoms with Gasteiger partial charge < -0.3 is 40.3 Å². The Morgan fingerprint density at radius 3 is 1.12 bits per heavy atom. The number of hydrogen-bond acceptors (Lipinski definition) is 8. The highest BCUT2D eigenvalue weighted by atomic mass is 16.7. The number of nitrogens with one attached hydrogen (secondary N) is 1. The second-order valence-electron chi connectivity index (χ2n) is 23.2. The maximum absolute atomic E-state index is 13.1. The van der Waals surface area contributed by atoms with Crippen LogP contribution in [0.15, 0.2) is 109 Å². The van der Waals surface area contributed by atoms with Crippen molar-refractivity contribution in [1.29, 1.82) is 0 Å². The van der Waals surface area contributed by atoms with Gasteiger partial charge in [0.05, 0.1) is 25.4 Å². The van der Waals surface area contributed by atoms with Gasteiger partial charge in [-0.1, -0.05) is 309 Å². The van der Waals surface area contributed by atoms with Crippen molar-refractivity contribution >= 4 is 5.91 Å². The average molecular weight is 1150 g/mol. The van der Waals surface area contributed by atoms with Crippen LogP contribution >= 0.6 is 0 Å². The molecule has 6 N–H and O–H groups in total. The van der Waals surface area contributed by atoms with Crippen molar-refractivity contribution in [1.82, 2.24) is 5.32 Å². The van der Waals surface area contributed by atoms with E-state index in [4.69, 9.17) is 9.47 Å². The number of carbonyl (C=O) groups excluding carboxylic acids is 1. The number of aliphatic hydroxyl groups excluding tert-OH is 5. The lowest BCUT2D eigenvalue weighted by Crippen LogP contribution is -2.60. The molecule has 0 aromatic rings. The standard InChI is InChI=1S/C73H127NO8/c1-3-5-7-9-11-13-15-17-19-21-23-25-27-29-31-33-34-35-37-39-41-43-45-47-49-51-53-55-57-59-61-63-69(77)74-66(65-81-73-72(80)71(79)70(78)68(64-75)82-73)67(76)62-60-58-56-54-52-50-48-46-44-42-40-38-36-32-30-28-26-24-22-20-18-16-14-12-10-8-6-4-2/h5,7,11,13,17,19,23,25,29,31,34-35,39,41,45,47,60,62,66-68,70-73,75-76,78-80H,3-4,6,8-10,12,14-16,18,20-22,24,26-28,30,32-33,36-38,40,42-44,46,48-59,61,63-65H2,1-2H3,(H,74,77)/b7-5-,13-11-,19-17-,25-23-,31-29-,35-34-,41-39-,47-45-,62-60+. The third-order valence-corrected chi connectivity index (χ3v) is 15.6. The van der Waals surface area contributed by atoms with Crippen molar-refractivity contribution in [2.75, 3.05) is 13.2 Å². The normalized spacial score (nSPS) is 19.0. The Hall–Kier alpha value is -3.15. The van der Waals surface area contributed by atoms with Crippen molar-refractivity contribution < 1.29 is 39.8 Å². The molecule has 0 aromatic carbocycles. The minimum atomic E-state index is -1.58. The first-order valence-corrected chi connectivity index (χ1v) is 34.1. The average Bonchev–Trinajstić information content (AvgIpc) is 3.52. The van der Waals surface area contributed by atoms with Crippen molar-refractivity contribution in [2.45, 2.75) is 333 Å². The Bertz CT molecular complexity index is 1660. The van der Waals surface area contributed by atoms with E-state index in [0.29, 0.717) is 6.42 Å². The number of aliphatic hydroxyl groups is 5. The van der Waals surface area contributed by atoms with E-state index in [9.17, 15) is 30.3 Å². The van der Waals surface area contributed by atoms with Gasteiger partial charge >= 0.3 is 0 Å². The van der Waals surface area contributed by atoms with Gasteiger partial charge in [0.25, 0.3) is 0 Å². The summed E-state index contributed by atoms with van der Waals surface area (Å²) in [4.78, 5) is 13.1. The molecule has 1 saturated heterocycles. The highest BCUT2D eigenvalue weighted by molar-refractivity contribution is 5.76. The van der Waals surface area contributed by atoms with Crippen LogP contribution in [0.2, 0.25) is 0 Å². The van der Waals surface area contributed by atoms with Crippen LogP contribution in [0.3, 0.4) is 0 Å². The fourth-order valence-electron chi connectivity index (χ4n) is 10.3. The molecule has 9 heteroatoms. The van der Waals surface area contributed by atoms with E-state index in [1.165, 1.54) is 154 Å². The van der Waals surface area contributed by atoms with Crippen LogP contribution in [0.5, 0.6) is 0 Å². The lowest BCUT2D eigenvalue weighted by Gasteiger charge is -2.40. The van der Waals surface area contributed by atoms with Gasteiger partial charge in [-0.25, -0.2) is 0 Å². The summed E-state index contributed by atoms with van der Waals surface area (Å²) >= 11 is 0. The molecule has 7 unspecified atom stereocenters. The summed E-state index contributed by atoms with van der Waals surface area (Å²) in [6, 6.07) is -0.823. The molecule has 1 aliphatic heterocycles. The summed E-state index contributed by atoms with van der Waals surface area (Å²) in [6.45, 7) is 3.68. The molecule has 0 aliphatic carbocycles. The topological polar surface area (TPSA) is 149 Å². The molecule has 0 saturated carbocycles. The first-order chi connectivity index (χ1) is 40.3. The molecule has 0 bridgehead atoms. The zero-order chi connectivity index (χ0) is 59.3. The molecule has 0 spiro atoms. The molecular formula is C73H127NO8. The molecule has 0 radical (unpaired) electrons. The number of hydrogen-bond donors (Lipinski definition) is 6. The molecule has 7 atom stereocenters. The Morgan fingerprint density at radius 2 is 0.756 bits per heavy atom. The second-order valence-corrected chi connectivity index (χ2v) is 23.2. The summed E-state index contributed by atoms with van der Waals surface area (Å²) in [5, 5.41) is 54.7. The van der Waals surface area contributed by atoms with E-state index in [1.807, 2.05) is 6.08 Å². The van der Waals surface area contributed by atoms with Crippen LogP contribution in [-0.2, 0) is 14.3 Å². The minimum Gasteiger partial charge on any atom is -0.394 e. The molecule has 9 nitrogen and oxygen atoms in total. The highest BCUT2D eigenvalue weighted by Crippen LogP contribution is 2.23. The summed E-state index contributed by atoms with van der Waals surface area (Å²) in [5.41, 5.74) is 0. The molecule has 0 aromatic heterocycles. The predicted octanol–water partition coefficient (Wildman–Crippen LogP) is 18.5. The highest BCUT2D eigenvalue weighted by Gasteiger charge is 2.44. The van der Waals surface area contributed by atoms with E-state index < -0.39 is 49.5 Å². The largest absolute Gasteiger partial charge is 0.394 e. The molecule has 1 amide bonds. The van der Waals surface area contributed by atoms with Gasteiger partial charge in [-0.15, -0.1) is 0 Å². The molecule has 1 heterocycles. The van der Waals surface area contributed by atoms with E-state index in [0.717, 1.165) is 116 Å². The minimum absolute atomic E-state index is 0.193. The smallest absolute Gasteiger partial charge is 0.220 e. The second kappa shape index (κ2) is 61.0. The first-order valence-electron chi connectivity index (χ1n) is 34.1. The zero-order valence-corrected chi connectivity index (χ0v) is 52.7. The van der Waals surface area contributed by atoms with E-state index in [1.54, 1.807) is 6.08 Å². The van der Waals surface area contributed by atoms with Crippen LogP contribution < -0.4 is 5.32 Å². The van der Waals surface area contributed by atoms with E-state index in [2.05, 4.69) is 116 Å². The number of ether oxygens (including phenoxy) is 2. The van der Waals surface area contributed by atoms with Crippen molar-refractivity contribution in [3.8, 4) is 0 Å². The summed E-state index contributed by atoms with van der Waals surface area (Å²) in [5.74, 6) is -0.193. The van der Waals surface area contributed by atoms with Gasteiger partial charge in [0, 0.05) is 6.42 Å². The molecular weight excluding hydrogens is 1020 g/mol. The number of rotatable bonds is 58. The van der Waals surface area contributed by atoms with Crippen molar-refractivity contribution in [2.24, 2.45) is 0 Å². The quantitative estimate of drug-likeness (QED) is 0.0261. The Kier molecular flexibility index (Phi) is 57.1. The number of unbranched alkanes of at least 4 members (excludes halogenated alkanes) is 32. The predicted molar refractivity (Wildman–Crippen MR) is 350 cm³/mol. The SMILES string of the molecule is CC/C=C\C/C=C\C/C=C\C/C=C\C/C=C\C/C=C\C/C=C\C/C=C\CCCCCCCCC(=O)NC(COC1OC(CO)C(O)C(O)C1O)C(O)/C=C/CCCCCCCCCCCCCCCCCCCCCCCCCCCC. The summed E-state index contributed by atoms with van der Waals surface area (Å²) in [7, 11) is 0. The fraction of sp³-hybridized carbons (Fsp3) is 0.740. The maximum Gasteiger partial charge on any atom is 0.220 e. The van der Waals surface area contributed by atoms with Gasteiger partial charge in [-0.3, -0.25) is 4.79 Å². The molecule has 1 fully saturated rings. The molecule has 82 heavy (non-hydrogen) atoms. The summed E-state index contributed by atoms with van der Waals surface area (Å²) in [6.07, 6.45) is 83.2. The molecule has 472 valence electrons. The van der Waals surface area contributed by atoms with Crippen LogP contribution in [-0.4, -0.2) is 87.5 Å². The van der Waals surface area contributed by atoms with Crippen molar-refractivity contribution in [3.63, 3.8) is 0 Å². The summed E-state index contributed by atoms with van der Waals surface area (Å²) < 4.78 is 11.3. The lowest BCUT2D eigenvalue weighted by atomic mass is 9.99. The first kappa shape index (κ1) is 76.9. The van der Waals surface area contributed by atoms with Gasteiger partial charge in [-0.05, 0) is 83.5 Å². The Balaban J connectivity index is 2.19. The Labute approximate surface area is 504 Å². The van der Waals surface area contributed by atoms with E-state index in [-0.39, 0.29) is 12.5 Å². The van der Waals surface area contributed by atoms with Crippen molar-refractivity contribution in [3.05, 3.63) is 109 Å². The lowest BCUT2D eigenvalue weighted by molar-refractivity contribution is -0.302. The van der Waals surface area contributed by atoms with Crippen LogP contribution in [0, 0.1) is 0 Å². The maximum atomic E-state index is 13.1. The van der Waals surface area contributed by atoms with Crippen LogP contribution in [0.25, 0.3) is 0 Å². The van der Waals surface area contributed by atoms with Gasteiger partial charge in [-0.2, -0.15) is 0 Å². The van der Waals surface area contributed by atoms with Gasteiger partial charge in [0.2, 0.25) is 5.91 Å². The van der Waals surface area contributed by atoms with E-state index >= 15 is 0 Å². The number of allylic oxidation sites excluding steroid dienone is 17. The third kappa shape index (κ3) is 49.1. The monoisotopic (exact) mass is 1150 g/mol. The fourth-order valence-corrected chi connectivity index (χ4v) is 10.3. The molecule has 1 aliphatic rings.